The van der Waals surface area contributed by atoms with Crippen molar-refractivity contribution in [3.05, 3.63) is 28.2 Å². The van der Waals surface area contributed by atoms with E-state index in [4.69, 9.17) is 23.2 Å². The summed E-state index contributed by atoms with van der Waals surface area (Å²) < 4.78 is 22.6. The molecular formula is C10H11Cl2NO2S. The molecule has 0 radical (unpaired) electrons. The molecule has 0 aromatic heterocycles. The van der Waals surface area contributed by atoms with E-state index in [1.807, 2.05) is 0 Å². The first-order valence-electron chi connectivity index (χ1n) is 4.88. The highest BCUT2D eigenvalue weighted by Gasteiger charge is 2.27. The van der Waals surface area contributed by atoms with E-state index in [1.54, 1.807) is 18.2 Å². The van der Waals surface area contributed by atoms with E-state index in [0.717, 1.165) is 5.69 Å². The molecule has 0 saturated carbocycles. The zero-order chi connectivity index (χ0) is 11.8. The van der Waals surface area contributed by atoms with Crippen molar-refractivity contribution < 1.29 is 8.42 Å². The Kier molecular flexibility index (Phi) is 3.33. The predicted molar refractivity (Wildman–Crippen MR) is 67.1 cm³/mol. The second-order valence-electron chi connectivity index (χ2n) is 3.87. The van der Waals surface area contributed by atoms with Crippen LogP contribution in [-0.4, -0.2) is 26.0 Å². The van der Waals surface area contributed by atoms with Gasteiger partial charge in [0.2, 0.25) is 0 Å². The molecule has 1 aromatic carbocycles. The Morgan fingerprint density at radius 2 is 2.06 bits per heavy atom. The van der Waals surface area contributed by atoms with E-state index < -0.39 is 9.84 Å². The lowest BCUT2D eigenvalue weighted by Gasteiger charge is -2.13. The van der Waals surface area contributed by atoms with Crippen LogP contribution in [0.15, 0.2) is 18.2 Å². The molecule has 1 saturated heterocycles. The molecular weight excluding hydrogens is 269 g/mol. The molecule has 1 fully saturated rings. The first kappa shape index (κ1) is 12.0. The van der Waals surface area contributed by atoms with Crippen LogP contribution in [0.1, 0.15) is 6.42 Å². The molecule has 0 spiro atoms. The minimum absolute atomic E-state index is 0.0522. The van der Waals surface area contributed by atoms with Crippen molar-refractivity contribution in [3.63, 3.8) is 0 Å². The molecule has 1 unspecified atom stereocenters. The first-order valence-corrected chi connectivity index (χ1v) is 7.46. The fourth-order valence-corrected chi connectivity index (χ4v) is 3.87. The van der Waals surface area contributed by atoms with Gasteiger partial charge in [-0.2, -0.15) is 0 Å². The van der Waals surface area contributed by atoms with Gasteiger partial charge in [0, 0.05) is 11.1 Å². The Balaban J connectivity index is 2.11. The highest BCUT2D eigenvalue weighted by molar-refractivity contribution is 7.91. The van der Waals surface area contributed by atoms with Crippen molar-refractivity contribution in [1.82, 2.24) is 0 Å². The molecule has 1 aliphatic rings. The molecule has 0 aliphatic carbocycles. The van der Waals surface area contributed by atoms with Crippen LogP contribution in [0.5, 0.6) is 0 Å². The van der Waals surface area contributed by atoms with Crippen LogP contribution in [0.3, 0.4) is 0 Å². The summed E-state index contributed by atoms with van der Waals surface area (Å²) in [5.74, 6) is 0.418. The largest absolute Gasteiger partial charge is 0.380 e. The molecule has 16 heavy (non-hydrogen) atoms. The van der Waals surface area contributed by atoms with Gasteiger partial charge in [0.15, 0.2) is 9.84 Å². The predicted octanol–water partition coefficient (Wildman–Crippen LogP) is 2.59. The van der Waals surface area contributed by atoms with Crippen LogP contribution >= 0.6 is 23.2 Å². The van der Waals surface area contributed by atoms with E-state index in [0.29, 0.717) is 16.5 Å². The summed E-state index contributed by atoms with van der Waals surface area (Å²) in [6, 6.07) is 5.06. The summed E-state index contributed by atoms with van der Waals surface area (Å²) in [4.78, 5) is 0. The zero-order valence-corrected chi connectivity index (χ0v) is 10.7. The Morgan fingerprint density at radius 3 is 2.62 bits per heavy atom. The van der Waals surface area contributed by atoms with Gasteiger partial charge in [0.1, 0.15) is 0 Å². The lowest BCUT2D eigenvalue weighted by atomic mass is 10.2. The summed E-state index contributed by atoms with van der Waals surface area (Å²) in [5, 5.41) is 4.20. The number of halogens is 2. The number of sulfone groups is 1. The molecule has 0 bridgehead atoms. The average molecular weight is 280 g/mol. The summed E-state index contributed by atoms with van der Waals surface area (Å²) >= 11 is 11.8. The molecule has 1 atom stereocenters. The quantitative estimate of drug-likeness (QED) is 0.905. The third kappa shape index (κ3) is 2.81. The molecule has 88 valence electrons. The number of hydrogen-bond donors (Lipinski definition) is 1. The molecule has 3 nitrogen and oxygen atoms in total. The monoisotopic (exact) mass is 279 g/mol. The summed E-state index contributed by atoms with van der Waals surface area (Å²) in [7, 11) is -2.87. The highest BCUT2D eigenvalue weighted by atomic mass is 35.5. The molecule has 0 amide bonds. The van der Waals surface area contributed by atoms with E-state index in [1.165, 1.54) is 0 Å². The summed E-state index contributed by atoms with van der Waals surface area (Å²) in [6.07, 6.45) is 0.626. The summed E-state index contributed by atoms with van der Waals surface area (Å²) in [6.45, 7) is 0. The van der Waals surface area contributed by atoms with Gasteiger partial charge >= 0.3 is 0 Å². The van der Waals surface area contributed by atoms with Crippen molar-refractivity contribution in [2.75, 3.05) is 16.8 Å². The summed E-state index contributed by atoms with van der Waals surface area (Å²) in [5.41, 5.74) is 0.730. The maximum Gasteiger partial charge on any atom is 0.152 e. The lowest BCUT2D eigenvalue weighted by molar-refractivity contribution is 0.602. The Morgan fingerprint density at radius 1 is 1.31 bits per heavy atom. The second kappa shape index (κ2) is 4.43. The number of nitrogens with one attached hydrogen (secondary N) is 1. The minimum Gasteiger partial charge on any atom is -0.380 e. The van der Waals surface area contributed by atoms with Crippen LogP contribution in [0.25, 0.3) is 0 Å². The smallest absolute Gasteiger partial charge is 0.152 e. The van der Waals surface area contributed by atoms with E-state index in [9.17, 15) is 8.42 Å². The molecule has 2 rings (SSSR count). The molecule has 1 aromatic rings. The fraction of sp³-hybridized carbons (Fsp3) is 0.400. The number of hydrogen-bond acceptors (Lipinski definition) is 3. The number of benzene rings is 1. The Bertz CT molecular complexity index is 502. The SMILES string of the molecule is O=S1(=O)CCC(Nc2ccc(Cl)cc2Cl)C1. The van der Waals surface area contributed by atoms with Gasteiger partial charge in [-0.1, -0.05) is 23.2 Å². The van der Waals surface area contributed by atoms with Crippen LogP contribution in [0, 0.1) is 0 Å². The second-order valence-corrected chi connectivity index (χ2v) is 6.94. The molecule has 1 aliphatic heterocycles. The van der Waals surface area contributed by atoms with Crippen molar-refractivity contribution in [2.45, 2.75) is 12.5 Å². The van der Waals surface area contributed by atoms with Crippen molar-refractivity contribution in [1.29, 1.82) is 0 Å². The third-order valence-electron chi connectivity index (χ3n) is 2.52. The normalized spacial score (nSPS) is 23.2. The van der Waals surface area contributed by atoms with Crippen LogP contribution < -0.4 is 5.32 Å². The molecule has 1 N–H and O–H groups in total. The van der Waals surface area contributed by atoms with Gasteiger partial charge < -0.3 is 5.32 Å². The van der Waals surface area contributed by atoms with Crippen LogP contribution in [-0.2, 0) is 9.84 Å². The van der Waals surface area contributed by atoms with Gasteiger partial charge in [-0.15, -0.1) is 0 Å². The Labute approximate surface area is 105 Å². The average Bonchev–Trinajstić information content (AvgIpc) is 2.51. The van der Waals surface area contributed by atoms with Crippen molar-refractivity contribution in [2.24, 2.45) is 0 Å². The fourth-order valence-electron chi connectivity index (χ4n) is 1.74. The van der Waals surface area contributed by atoms with Crippen molar-refractivity contribution >= 4 is 38.7 Å². The van der Waals surface area contributed by atoms with Gasteiger partial charge in [0.25, 0.3) is 0 Å². The molecule has 6 heteroatoms. The standard InChI is InChI=1S/C10H11Cl2NO2S/c11-7-1-2-10(9(12)5-7)13-8-3-4-16(14,15)6-8/h1-2,5,8,13H,3-4,6H2. The zero-order valence-electron chi connectivity index (χ0n) is 8.41. The number of anilines is 1. The minimum atomic E-state index is -2.87. The van der Waals surface area contributed by atoms with E-state index in [-0.39, 0.29) is 17.5 Å². The van der Waals surface area contributed by atoms with E-state index >= 15 is 0 Å². The van der Waals surface area contributed by atoms with Crippen LogP contribution in [0.4, 0.5) is 5.69 Å². The van der Waals surface area contributed by atoms with Crippen molar-refractivity contribution in [3.8, 4) is 0 Å². The van der Waals surface area contributed by atoms with Gasteiger partial charge in [-0.3, -0.25) is 0 Å². The lowest BCUT2D eigenvalue weighted by Crippen LogP contribution is -2.20. The van der Waals surface area contributed by atoms with Gasteiger partial charge in [-0.05, 0) is 24.6 Å². The Hall–Kier alpha value is -0.450. The third-order valence-corrected chi connectivity index (χ3v) is 4.84. The highest BCUT2D eigenvalue weighted by Crippen LogP contribution is 2.27. The maximum atomic E-state index is 11.3. The first-order chi connectivity index (χ1) is 7.46. The molecule has 1 heterocycles. The van der Waals surface area contributed by atoms with Crippen LogP contribution in [0.2, 0.25) is 10.0 Å². The van der Waals surface area contributed by atoms with E-state index in [2.05, 4.69) is 5.32 Å². The number of rotatable bonds is 2. The maximum absolute atomic E-state index is 11.3. The topological polar surface area (TPSA) is 46.2 Å². The van der Waals surface area contributed by atoms with Gasteiger partial charge in [0.05, 0.1) is 22.2 Å². The van der Waals surface area contributed by atoms with Gasteiger partial charge in [-0.25, -0.2) is 8.42 Å².